The van der Waals surface area contributed by atoms with Crippen molar-refractivity contribution in [2.45, 2.75) is 70.5 Å². The first-order valence-electron chi connectivity index (χ1n) is 15.0. The van der Waals surface area contributed by atoms with Crippen LogP contribution in [0.5, 0.6) is 5.75 Å². The first-order chi connectivity index (χ1) is 22.8. The van der Waals surface area contributed by atoms with Crippen LogP contribution in [0.15, 0.2) is 82.8 Å². The van der Waals surface area contributed by atoms with Crippen molar-refractivity contribution in [2.75, 3.05) is 6.61 Å². The van der Waals surface area contributed by atoms with E-state index in [0.717, 1.165) is 29.3 Å². The lowest BCUT2D eigenvalue weighted by molar-refractivity contribution is -0.159. The van der Waals surface area contributed by atoms with Crippen molar-refractivity contribution in [2.24, 2.45) is 0 Å². The summed E-state index contributed by atoms with van der Waals surface area (Å²) in [4.78, 5) is 56.5. The average molecular weight is 688 g/mol. The maximum Gasteiger partial charge on any atom is 0.459 e. The standard InChI is InChI=1S/C31H35FN5O10P/c1-19(2)44-28(40)20(3)35-48(42,47-22-10-6-5-7-11-22)43-18-23-26(31(4,32)29(45-23)37-16-13-24(38)34-30(37)41)46-25(39)17-36-15-8-9-21-12-14-33-27(21)36/h5-16,19-20,23,26,29H,17-18H2,1-4H3,(H,35,42)(H,34,38,41)/t20-,23+,26+,29+,31+,48-/m0/s1. The van der Waals surface area contributed by atoms with Crippen LogP contribution >= 0.6 is 7.75 Å². The summed E-state index contributed by atoms with van der Waals surface area (Å²) < 4.78 is 61.3. The molecular weight excluding hydrogens is 652 g/mol. The summed E-state index contributed by atoms with van der Waals surface area (Å²) in [5.41, 5.74) is -3.53. The number of hydrogen-bond acceptors (Lipinski definition) is 11. The van der Waals surface area contributed by atoms with Gasteiger partial charge in [-0.3, -0.25) is 28.5 Å². The van der Waals surface area contributed by atoms with Crippen molar-refractivity contribution in [1.29, 1.82) is 0 Å². The number of fused-ring (bicyclic) bond motifs is 1. The quantitative estimate of drug-likeness (QED) is 0.155. The number of para-hydroxylation sites is 1. The highest BCUT2D eigenvalue weighted by Crippen LogP contribution is 2.48. The van der Waals surface area contributed by atoms with E-state index in [2.05, 4.69) is 10.1 Å². The number of esters is 2. The molecule has 5 rings (SSSR count). The molecule has 1 aromatic carbocycles. The Morgan fingerprint density at radius 2 is 1.85 bits per heavy atom. The second-order valence-electron chi connectivity index (χ2n) is 11.5. The van der Waals surface area contributed by atoms with Crippen LogP contribution in [0, 0.1) is 0 Å². The first kappa shape index (κ1) is 34.7. The van der Waals surface area contributed by atoms with Crippen molar-refractivity contribution in [3.8, 4) is 17.1 Å². The Labute approximate surface area is 273 Å². The molecule has 0 aliphatic carbocycles. The number of halogens is 1. The van der Waals surface area contributed by atoms with E-state index in [4.69, 9.17) is 23.3 Å². The SMILES string of the molecule is CC(C)OC(=O)[C@H](C)N[P@](=O)(OC[C@H]1O[C@@H](n2ccc(=O)[nH]c2=O)[C@](C)(F)[C@@H]1OC(=O)Cn1cccc2ccnc1-2)Oc1ccccc1. The van der Waals surface area contributed by atoms with Crippen LogP contribution < -0.4 is 20.9 Å². The largest absolute Gasteiger partial charge is 0.462 e. The van der Waals surface area contributed by atoms with Gasteiger partial charge in [-0.1, -0.05) is 18.2 Å². The third kappa shape index (κ3) is 7.90. The van der Waals surface area contributed by atoms with Gasteiger partial charge in [0.05, 0.1) is 12.7 Å². The second kappa shape index (κ2) is 14.2. The molecular formula is C31H35FN5O10P. The van der Waals surface area contributed by atoms with E-state index in [1.807, 2.05) is 4.98 Å². The maximum atomic E-state index is 16.8. The molecule has 0 spiro atoms. The molecule has 3 aliphatic heterocycles. The summed E-state index contributed by atoms with van der Waals surface area (Å²) in [6.45, 7) is 4.68. The minimum Gasteiger partial charge on any atom is -0.462 e. The number of nitrogens with one attached hydrogen (secondary N) is 2. The predicted molar refractivity (Wildman–Crippen MR) is 168 cm³/mol. The van der Waals surface area contributed by atoms with Gasteiger partial charge in [0.1, 0.15) is 30.3 Å². The molecule has 48 heavy (non-hydrogen) atoms. The van der Waals surface area contributed by atoms with E-state index in [1.165, 1.54) is 23.6 Å². The molecule has 0 amide bonds. The summed E-state index contributed by atoms with van der Waals surface area (Å²) in [6.07, 6.45) is -1.17. The number of nitrogens with zero attached hydrogens (tertiary/aromatic N) is 3. The molecule has 2 N–H and O–H groups in total. The third-order valence-electron chi connectivity index (χ3n) is 7.30. The van der Waals surface area contributed by atoms with Gasteiger partial charge in [-0.25, -0.2) is 18.7 Å². The van der Waals surface area contributed by atoms with Gasteiger partial charge in [-0.2, -0.15) is 5.09 Å². The molecule has 0 bridgehead atoms. The minimum absolute atomic E-state index is 0.119. The Morgan fingerprint density at radius 1 is 1.10 bits per heavy atom. The molecule has 0 radical (unpaired) electrons. The number of alkyl halides is 1. The number of carbonyl (C=O) groups is 2. The number of aromatic nitrogens is 4. The molecule has 256 valence electrons. The molecule has 0 unspecified atom stereocenters. The zero-order chi connectivity index (χ0) is 34.6. The highest BCUT2D eigenvalue weighted by atomic mass is 31.2. The van der Waals surface area contributed by atoms with Gasteiger partial charge in [0, 0.05) is 30.2 Å². The zero-order valence-corrected chi connectivity index (χ0v) is 27.4. The molecule has 1 saturated heterocycles. The Morgan fingerprint density at radius 3 is 2.56 bits per heavy atom. The molecule has 2 aromatic rings. The third-order valence-corrected chi connectivity index (χ3v) is 8.94. The Balaban J connectivity index is 1.42. The first-order valence-corrected chi connectivity index (χ1v) is 16.5. The van der Waals surface area contributed by atoms with Gasteiger partial charge in [0.15, 0.2) is 18.0 Å². The lowest BCUT2D eigenvalue weighted by atomic mass is 9.98. The van der Waals surface area contributed by atoms with Gasteiger partial charge in [-0.15, -0.1) is 0 Å². The smallest absolute Gasteiger partial charge is 0.459 e. The molecule has 17 heteroatoms. The molecule has 15 nitrogen and oxygen atoms in total. The van der Waals surface area contributed by atoms with Gasteiger partial charge in [0.25, 0.3) is 5.56 Å². The summed E-state index contributed by atoms with van der Waals surface area (Å²) >= 11 is 0. The lowest BCUT2D eigenvalue weighted by Gasteiger charge is -2.28. The van der Waals surface area contributed by atoms with Crippen LogP contribution in [0.3, 0.4) is 0 Å². The summed E-state index contributed by atoms with van der Waals surface area (Å²) in [5.74, 6) is -1.00. The van der Waals surface area contributed by atoms with E-state index in [-0.39, 0.29) is 12.3 Å². The fourth-order valence-electron chi connectivity index (χ4n) is 5.12. The lowest BCUT2D eigenvalue weighted by Crippen LogP contribution is -2.46. The normalized spacial score (nSPS) is 22.7. The topological polar surface area (TPSA) is 182 Å². The number of carbonyl (C=O) groups excluding carboxylic acids is 2. The van der Waals surface area contributed by atoms with Gasteiger partial charge in [-0.05, 0) is 58.0 Å². The molecule has 0 saturated carbocycles. The van der Waals surface area contributed by atoms with E-state index < -0.39 is 73.8 Å². The highest BCUT2D eigenvalue weighted by Gasteiger charge is 2.58. The summed E-state index contributed by atoms with van der Waals surface area (Å²) in [7, 11) is -4.45. The predicted octanol–water partition coefficient (Wildman–Crippen LogP) is 3.21. The van der Waals surface area contributed by atoms with Crippen molar-refractivity contribution >= 4 is 19.7 Å². The average Bonchev–Trinajstić information content (AvgIpc) is 3.59. The minimum atomic E-state index is -4.45. The van der Waals surface area contributed by atoms with E-state index in [0.29, 0.717) is 5.82 Å². The molecule has 6 atom stereocenters. The van der Waals surface area contributed by atoms with E-state index in [1.54, 1.807) is 62.6 Å². The van der Waals surface area contributed by atoms with Gasteiger partial charge in [0.2, 0.25) is 0 Å². The monoisotopic (exact) mass is 687 g/mol. The second-order valence-corrected chi connectivity index (χ2v) is 13.2. The van der Waals surface area contributed by atoms with Crippen LogP contribution in [0.1, 0.15) is 33.9 Å². The van der Waals surface area contributed by atoms with Crippen LogP contribution in [0.2, 0.25) is 0 Å². The molecule has 4 heterocycles. The van der Waals surface area contributed by atoms with Crippen molar-refractivity contribution in [1.82, 2.24) is 24.2 Å². The highest BCUT2D eigenvalue weighted by molar-refractivity contribution is 7.52. The summed E-state index contributed by atoms with van der Waals surface area (Å²) in [6, 6.07) is 13.0. The molecule has 3 aliphatic rings. The Kier molecular flexibility index (Phi) is 10.3. The fourth-order valence-corrected chi connectivity index (χ4v) is 6.62. The fraction of sp³-hybridized carbons (Fsp3) is 0.387. The van der Waals surface area contributed by atoms with Crippen LogP contribution in [0.25, 0.3) is 11.4 Å². The van der Waals surface area contributed by atoms with E-state index >= 15 is 4.39 Å². The number of aromatic amines is 1. The summed E-state index contributed by atoms with van der Waals surface area (Å²) in [5, 5.41) is 2.53. The molecule has 1 fully saturated rings. The number of ether oxygens (including phenoxy) is 3. The van der Waals surface area contributed by atoms with Gasteiger partial charge >= 0.3 is 25.4 Å². The van der Waals surface area contributed by atoms with Gasteiger partial charge < -0.3 is 23.3 Å². The van der Waals surface area contributed by atoms with Crippen LogP contribution in [0.4, 0.5) is 4.39 Å². The zero-order valence-electron chi connectivity index (χ0n) is 26.5. The number of benzene rings is 1. The van der Waals surface area contributed by atoms with E-state index in [9.17, 15) is 23.7 Å². The van der Waals surface area contributed by atoms with Crippen molar-refractivity contribution in [3.63, 3.8) is 0 Å². The number of hydrogen-bond donors (Lipinski definition) is 2. The maximum absolute atomic E-state index is 16.8. The van der Waals surface area contributed by atoms with Crippen molar-refractivity contribution in [3.05, 3.63) is 94.0 Å². The number of H-pyrrole nitrogens is 1. The number of rotatable bonds is 13. The number of pyridine rings is 1. The Bertz CT molecular complexity index is 1880. The molecule has 1 aromatic heterocycles. The van der Waals surface area contributed by atoms with Crippen molar-refractivity contribution < 1.29 is 41.8 Å². The van der Waals surface area contributed by atoms with Crippen LogP contribution in [-0.2, 0) is 39.4 Å². The Hall–Kier alpha value is -4.63. The van der Waals surface area contributed by atoms with Crippen LogP contribution in [-0.4, -0.2) is 67.7 Å².